The van der Waals surface area contributed by atoms with Crippen LogP contribution in [0.2, 0.25) is 0 Å². The molecule has 1 aromatic carbocycles. The van der Waals surface area contributed by atoms with E-state index in [9.17, 15) is 4.79 Å². The van der Waals surface area contributed by atoms with Gasteiger partial charge in [-0.25, -0.2) is 4.68 Å². The van der Waals surface area contributed by atoms with Crippen LogP contribution in [-0.4, -0.2) is 41.5 Å². The smallest absolute Gasteiger partial charge is 0.308 e. The first-order valence-electron chi connectivity index (χ1n) is 6.53. The number of nitrogens with one attached hydrogen (secondary N) is 1. The molecule has 2 atom stereocenters. The second-order valence-corrected chi connectivity index (χ2v) is 4.93. The molecule has 3 aromatic rings. The van der Waals surface area contributed by atoms with Gasteiger partial charge in [0, 0.05) is 5.39 Å². The first-order chi connectivity index (χ1) is 10.1. The molecule has 8 nitrogen and oxygen atoms in total. The quantitative estimate of drug-likeness (QED) is 0.752. The average Bonchev–Trinajstić information content (AvgIpc) is 3.11. The van der Waals surface area contributed by atoms with E-state index in [4.69, 9.17) is 5.11 Å². The minimum Gasteiger partial charge on any atom is -0.481 e. The number of carboxylic acid groups (broad SMARTS) is 1. The number of nitrogens with zero attached hydrogens (tertiary/aromatic N) is 5. The number of aliphatic carboxylic acids is 1. The Morgan fingerprint density at radius 2 is 2.10 bits per heavy atom. The van der Waals surface area contributed by atoms with Gasteiger partial charge in [0.25, 0.3) is 0 Å². The van der Waals surface area contributed by atoms with Crippen LogP contribution < -0.4 is 0 Å². The lowest BCUT2D eigenvalue weighted by atomic mass is 10.0. The maximum Gasteiger partial charge on any atom is 0.308 e. The summed E-state index contributed by atoms with van der Waals surface area (Å²) in [6.07, 6.45) is 0. The van der Waals surface area contributed by atoms with Crippen LogP contribution in [0.5, 0.6) is 0 Å². The Morgan fingerprint density at radius 3 is 2.86 bits per heavy atom. The Morgan fingerprint density at radius 1 is 1.33 bits per heavy atom. The van der Waals surface area contributed by atoms with Gasteiger partial charge < -0.3 is 5.11 Å². The van der Waals surface area contributed by atoms with Crippen LogP contribution in [0.3, 0.4) is 0 Å². The number of tetrazole rings is 1. The highest BCUT2D eigenvalue weighted by Gasteiger charge is 2.26. The van der Waals surface area contributed by atoms with Crippen LogP contribution in [-0.2, 0) is 4.79 Å². The molecule has 8 heteroatoms. The Kier molecular flexibility index (Phi) is 3.13. The zero-order valence-corrected chi connectivity index (χ0v) is 11.6. The number of benzene rings is 1. The summed E-state index contributed by atoms with van der Waals surface area (Å²) in [6.45, 7) is 3.40. The fourth-order valence-electron chi connectivity index (χ4n) is 2.18. The highest BCUT2D eigenvalue weighted by atomic mass is 16.4. The Bertz CT molecular complexity index is 793. The molecule has 2 aromatic heterocycles. The van der Waals surface area contributed by atoms with E-state index in [1.807, 2.05) is 24.3 Å². The van der Waals surface area contributed by atoms with E-state index < -0.39 is 11.9 Å². The molecule has 0 bridgehead atoms. The van der Waals surface area contributed by atoms with Crippen molar-refractivity contribution in [2.24, 2.45) is 5.92 Å². The van der Waals surface area contributed by atoms with E-state index in [-0.39, 0.29) is 6.04 Å². The molecular weight excluding hydrogens is 272 g/mol. The van der Waals surface area contributed by atoms with Gasteiger partial charge in [0.05, 0.1) is 17.5 Å². The maximum absolute atomic E-state index is 11.1. The zero-order chi connectivity index (χ0) is 15.0. The van der Waals surface area contributed by atoms with Crippen molar-refractivity contribution in [2.45, 2.75) is 19.9 Å². The van der Waals surface area contributed by atoms with Crippen molar-refractivity contribution >= 4 is 16.9 Å². The third kappa shape index (κ3) is 2.14. The molecule has 0 aliphatic heterocycles. The van der Waals surface area contributed by atoms with Gasteiger partial charge in [-0.05, 0) is 30.3 Å². The van der Waals surface area contributed by atoms with Crippen LogP contribution in [0, 0.1) is 5.92 Å². The van der Waals surface area contributed by atoms with Gasteiger partial charge in [0.15, 0.2) is 0 Å². The summed E-state index contributed by atoms with van der Waals surface area (Å²) in [6, 6.07) is 7.24. The van der Waals surface area contributed by atoms with Crippen molar-refractivity contribution in [3.05, 3.63) is 24.3 Å². The molecule has 0 aliphatic carbocycles. The van der Waals surface area contributed by atoms with Gasteiger partial charge in [-0.2, -0.15) is 5.10 Å². The van der Waals surface area contributed by atoms with Crippen LogP contribution in [0.25, 0.3) is 22.4 Å². The normalized spacial score (nSPS) is 14.2. The highest BCUT2D eigenvalue weighted by molar-refractivity contribution is 5.90. The van der Waals surface area contributed by atoms with Crippen molar-refractivity contribution in [1.82, 2.24) is 30.4 Å². The van der Waals surface area contributed by atoms with E-state index in [1.54, 1.807) is 13.8 Å². The molecule has 2 N–H and O–H groups in total. The monoisotopic (exact) mass is 286 g/mol. The second-order valence-electron chi connectivity index (χ2n) is 4.93. The van der Waals surface area contributed by atoms with Crippen molar-refractivity contribution in [2.75, 3.05) is 0 Å². The van der Waals surface area contributed by atoms with Crippen LogP contribution in [0.15, 0.2) is 24.3 Å². The van der Waals surface area contributed by atoms with Crippen molar-refractivity contribution < 1.29 is 9.90 Å². The first kappa shape index (κ1) is 13.2. The summed E-state index contributed by atoms with van der Waals surface area (Å²) in [5.41, 5.74) is 1.49. The number of rotatable bonds is 4. The topological polar surface area (TPSA) is 110 Å². The van der Waals surface area contributed by atoms with E-state index in [2.05, 4.69) is 25.7 Å². The summed E-state index contributed by atoms with van der Waals surface area (Å²) in [5, 5.41) is 28.8. The van der Waals surface area contributed by atoms with E-state index >= 15 is 0 Å². The van der Waals surface area contributed by atoms with Crippen molar-refractivity contribution in [3.63, 3.8) is 0 Å². The molecule has 2 unspecified atom stereocenters. The molecule has 2 heterocycles. The predicted molar refractivity (Wildman–Crippen MR) is 74.4 cm³/mol. The molecule has 0 saturated carbocycles. The molecule has 0 spiro atoms. The Hall–Kier alpha value is -2.77. The number of carbonyl (C=O) groups is 1. The molecule has 3 rings (SSSR count). The van der Waals surface area contributed by atoms with Gasteiger partial charge in [-0.1, -0.05) is 18.2 Å². The number of carboxylic acids is 1. The molecule has 0 aliphatic rings. The van der Waals surface area contributed by atoms with Crippen LogP contribution >= 0.6 is 0 Å². The number of para-hydroxylation sites is 1. The lowest BCUT2D eigenvalue weighted by Crippen LogP contribution is -2.23. The summed E-state index contributed by atoms with van der Waals surface area (Å²) < 4.78 is 1.50. The molecule has 0 amide bonds. The van der Waals surface area contributed by atoms with E-state index in [0.29, 0.717) is 11.5 Å². The number of aromatic amines is 1. The SMILES string of the molecule is CC(C(=O)O)C(C)n1nnnc1-c1n[nH]c2ccccc12. The standard InChI is InChI=1S/C13H14N6O2/c1-7(13(20)21)8(2)19-12(16-17-18-19)11-9-5-3-4-6-10(9)14-15-11/h3-8H,1-2H3,(H,14,15)(H,20,21). The predicted octanol–water partition coefficient (Wildman–Crippen LogP) is 1.50. The minimum atomic E-state index is -0.893. The van der Waals surface area contributed by atoms with Crippen molar-refractivity contribution in [1.29, 1.82) is 0 Å². The lowest BCUT2D eigenvalue weighted by Gasteiger charge is -2.16. The van der Waals surface area contributed by atoms with Crippen molar-refractivity contribution in [3.8, 4) is 11.5 Å². The first-order valence-corrected chi connectivity index (χ1v) is 6.53. The highest BCUT2D eigenvalue weighted by Crippen LogP contribution is 2.27. The molecule has 108 valence electrons. The van der Waals surface area contributed by atoms with Gasteiger partial charge in [-0.3, -0.25) is 9.89 Å². The number of hydrogen-bond donors (Lipinski definition) is 2. The Labute approximate surface area is 119 Å². The number of fused-ring (bicyclic) bond motifs is 1. The third-order valence-electron chi connectivity index (χ3n) is 3.67. The molecule has 0 fully saturated rings. The lowest BCUT2D eigenvalue weighted by molar-refractivity contribution is -0.142. The summed E-state index contributed by atoms with van der Waals surface area (Å²) in [4.78, 5) is 11.1. The molecular formula is C13H14N6O2. The van der Waals surface area contributed by atoms with Gasteiger partial charge in [0.1, 0.15) is 5.69 Å². The largest absolute Gasteiger partial charge is 0.481 e. The summed E-state index contributed by atoms with van der Waals surface area (Å²) in [5.74, 6) is -1.05. The maximum atomic E-state index is 11.1. The molecule has 0 saturated heterocycles. The second kappa shape index (κ2) is 4.97. The Balaban J connectivity index is 2.09. The minimum absolute atomic E-state index is 0.386. The summed E-state index contributed by atoms with van der Waals surface area (Å²) in [7, 11) is 0. The fourth-order valence-corrected chi connectivity index (χ4v) is 2.18. The number of hydrogen-bond acceptors (Lipinski definition) is 5. The van der Waals surface area contributed by atoms with Gasteiger partial charge in [0.2, 0.25) is 5.82 Å². The third-order valence-corrected chi connectivity index (χ3v) is 3.67. The molecule has 0 radical (unpaired) electrons. The van der Waals surface area contributed by atoms with Crippen LogP contribution in [0.1, 0.15) is 19.9 Å². The van der Waals surface area contributed by atoms with Crippen LogP contribution in [0.4, 0.5) is 0 Å². The van der Waals surface area contributed by atoms with Gasteiger partial charge in [-0.15, -0.1) is 5.10 Å². The van der Waals surface area contributed by atoms with E-state index in [1.165, 1.54) is 4.68 Å². The zero-order valence-electron chi connectivity index (χ0n) is 11.6. The molecule has 21 heavy (non-hydrogen) atoms. The van der Waals surface area contributed by atoms with Gasteiger partial charge >= 0.3 is 5.97 Å². The summed E-state index contributed by atoms with van der Waals surface area (Å²) >= 11 is 0. The fraction of sp³-hybridized carbons (Fsp3) is 0.308. The number of H-pyrrole nitrogens is 1. The number of aromatic nitrogens is 6. The van der Waals surface area contributed by atoms with E-state index in [0.717, 1.165) is 10.9 Å². The average molecular weight is 286 g/mol.